The van der Waals surface area contributed by atoms with Gasteiger partial charge in [-0.15, -0.1) is 0 Å². The molecule has 1 fully saturated rings. The fourth-order valence-corrected chi connectivity index (χ4v) is 2.58. The highest BCUT2D eigenvalue weighted by atomic mass is 16.5. The van der Waals surface area contributed by atoms with E-state index in [0.29, 0.717) is 6.61 Å². The zero-order chi connectivity index (χ0) is 13.7. The van der Waals surface area contributed by atoms with Gasteiger partial charge in [-0.05, 0) is 51.4 Å². The first-order valence-electron chi connectivity index (χ1n) is 7.30. The summed E-state index contributed by atoms with van der Waals surface area (Å²) in [7, 11) is 0. The van der Waals surface area contributed by atoms with Gasteiger partial charge in [-0.2, -0.15) is 0 Å². The van der Waals surface area contributed by atoms with Gasteiger partial charge in [0.2, 0.25) is 0 Å². The lowest BCUT2D eigenvalue weighted by molar-refractivity contribution is 0.171. The maximum absolute atomic E-state index is 9.75. The van der Waals surface area contributed by atoms with E-state index in [9.17, 15) is 5.11 Å². The number of hydrogen-bond donors (Lipinski definition) is 1. The normalized spacial score (nSPS) is 18.3. The van der Waals surface area contributed by atoms with Gasteiger partial charge in [0.15, 0.2) is 0 Å². The number of aliphatic hydroxyl groups excluding tert-OH is 1. The average molecular weight is 263 g/mol. The number of hydrogen-bond acceptors (Lipinski definition) is 3. The summed E-state index contributed by atoms with van der Waals surface area (Å²) < 4.78 is 5.88. The Balaban J connectivity index is 1.89. The zero-order valence-corrected chi connectivity index (χ0v) is 12.1. The molecule has 19 heavy (non-hydrogen) atoms. The molecule has 3 heteroatoms. The molecule has 0 saturated carbocycles. The van der Waals surface area contributed by atoms with Crippen molar-refractivity contribution >= 4 is 0 Å². The first-order valence-corrected chi connectivity index (χ1v) is 7.30. The minimum Gasteiger partial charge on any atom is -0.492 e. The Morgan fingerprint density at radius 2 is 2.00 bits per heavy atom. The average Bonchev–Trinajstić information content (AvgIpc) is 2.39. The molecule has 2 rings (SSSR count). The number of benzene rings is 1. The van der Waals surface area contributed by atoms with Gasteiger partial charge in [0.25, 0.3) is 0 Å². The van der Waals surface area contributed by atoms with Gasteiger partial charge in [-0.1, -0.05) is 18.6 Å². The second-order valence-electron chi connectivity index (χ2n) is 5.47. The fraction of sp³-hybridized carbons (Fsp3) is 0.625. The van der Waals surface area contributed by atoms with Crippen LogP contribution in [0.4, 0.5) is 0 Å². The van der Waals surface area contributed by atoms with E-state index in [0.717, 1.165) is 23.4 Å². The van der Waals surface area contributed by atoms with Crippen molar-refractivity contribution in [1.82, 2.24) is 4.90 Å². The molecule has 1 heterocycles. The predicted octanol–water partition coefficient (Wildman–Crippen LogP) is 2.91. The van der Waals surface area contributed by atoms with Crippen molar-refractivity contribution in [2.45, 2.75) is 39.2 Å². The maximum atomic E-state index is 9.75. The third-order valence-corrected chi connectivity index (χ3v) is 3.73. The Morgan fingerprint density at radius 1 is 1.26 bits per heavy atom. The number of nitrogens with zero attached hydrogens (tertiary/aromatic N) is 1. The lowest BCUT2D eigenvalue weighted by atomic mass is 10.1. The number of piperidine rings is 1. The molecule has 1 N–H and O–H groups in total. The predicted molar refractivity (Wildman–Crippen MR) is 77.6 cm³/mol. The van der Waals surface area contributed by atoms with E-state index in [1.54, 1.807) is 6.92 Å². The van der Waals surface area contributed by atoms with Crippen molar-refractivity contribution in [3.63, 3.8) is 0 Å². The highest BCUT2D eigenvalue weighted by Crippen LogP contribution is 2.26. The van der Waals surface area contributed by atoms with Crippen LogP contribution in [0.15, 0.2) is 18.2 Å². The summed E-state index contributed by atoms with van der Waals surface area (Å²) in [6, 6.07) is 5.98. The summed E-state index contributed by atoms with van der Waals surface area (Å²) in [6.07, 6.45) is 3.50. The molecule has 1 atom stereocenters. The van der Waals surface area contributed by atoms with Crippen LogP contribution >= 0.6 is 0 Å². The second-order valence-corrected chi connectivity index (χ2v) is 5.47. The van der Waals surface area contributed by atoms with Crippen LogP contribution in [0.25, 0.3) is 0 Å². The Kier molecular flexibility index (Phi) is 5.23. The van der Waals surface area contributed by atoms with Gasteiger partial charge < -0.3 is 9.84 Å². The molecular weight excluding hydrogens is 238 g/mol. The van der Waals surface area contributed by atoms with E-state index in [1.807, 2.05) is 25.1 Å². The van der Waals surface area contributed by atoms with Crippen molar-refractivity contribution in [3.8, 4) is 5.75 Å². The minimum absolute atomic E-state index is 0.481. The molecule has 0 aliphatic carbocycles. The molecule has 1 aromatic rings. The first-order chi connectivity index (χ1) is 9.16. The highest BCUT2D eigenvalue weighted by Gasteiger charge is 2.12. The van der Waals surface area contributed by atoms with Crippen LogP contribution < -0.4 is 4.74 Å². The third-order valence-electron chi connectivity index (χ3n) is 3.73. The highest BCUT2D eigenvalue weighted by molar-refractivity contribution is 5.38. The molecule has 0 aromatic heterocycles. The van der Waals surface area contributed by atoms with Crippen LogP contribution in [0, 0.1) is 6.92 Å². The molecule has 1 unspecified atom stereocenters. The first kappa shape index (κ1) is 14.4. The summed E-state index contributed by atoms with van der Waals surface area (Å²) in [5, 5.41) is 9.75. The van der Waals surface area contributed by atoms with Crippen LogP contribution in [0.5, 0.6) is 5.75 Å². The lowest BCUT2D eigenvalue weighted by Crippen LogP contribution is -2.33. The van der Waals surface area contributed by atoms with E-state index in [2.05, 4.69) is 4.90 Å². The van der Waals surface area contributed by atoms with Crippen molar-refractivity contribution < 1.29 is 9.84 Å². The molecule has 1 saturated heterocycles. The molecule has 0 radical (unpaired) electrons. The van der Waals surface area contributed by atoms with E-state index in [-0.39, 0.29) is 0 Å². The van der Waals surface area contributed by atoms with E-state index in [1.165, 1.54) is 32.4 Å². The van der Waals surface area contributed by atoms with E-state index >= 15 is 0 Å². The molecule has 3 nitrogen and oxygen atoms in total. The Bertz CT molecular complexity index is 398. The standard InChI is InChI=1S/C16H25NO2/c1-13-6-7-15(14(2)18)16(12-13)19-11-10-17-8-4-3-5-9-17/h6-7,12,14,18H,3-5,8-11H2,1-2H3. The molecule has 0 bridgehead atoms. The van der Waals surface area contributed by atoms with Gasteiger partial charge in [0.1, 0.15) is 12.4 Å². The van der Waals surface area contributed by atoms with Gasteiger partial charge in [-0.3, -0.25) is 4.90 Å². The maximum Gasteiger partial charge on any atom is 0.125 e. The molecule has 0 spiro atoms. The Morgan fingerprint density at radius 3 is 2.68 bits per heavy atom. The summed E-state index contributed by atoms with van der Waals surface area (Å²) in [4.78, 5) is 2.46. The largest absolute Gasteiger partial charge is 0.492 e. The van der Waals surface area contributed by atoms with E-state index in [4.69, 9.17) is 4.74 Å². The van der Waals surface area contributed by atoms with Gasteiger partial charge in [0.05, 0.1) is 6.10 Å². The van der Waals surface area contributed by atoms with Crippen LogP contribution in [0.2, 0.25) is 0 Å². The minimum atomic E-state index is -0.481. The quantitative estimate of drug-likeness (QED) is 0.886. The number of aryl methyl sites for hydroxylation is 1. The van der Waals surface area contributed by atoms with E-state index < -0.39 is 6.10 Å². The number of aliphatic hydroxyl groups is 1. The molecule has 1 aromatic carbocycles. The van der Waals surface area contributed by atoms with Gasteiger partial charge >= 0.3 is 0 Å². The van der Waals surface area contributed by atoms with Crippen LogP contribution in [0.1, 0.15) is 43.4 Å². The fourth-order valence-electron chi connectivity index (χ4n) is 2.58. The van der Waals surface area contributed by atoms with Crippen molar-refractivity contribution in [3.05, 3.63) is 29.3 Å². The second kappa shape index (κ2) is 6.92. The molecule has 1 aliphatic rings. The molecule has 1 aliphatic heterocycles. The third kappa shape index (κ3) is 4.22. The molecule has 0 amide bonds. The van der Waals surface area contributed by atoms with Crippen molar-refractivity contribution in [2.75, 3.05) is 26.2 Å². The smallest absolute Gasteiger partial charge is 0.125 e. The van der Waals surface area contributed by atoms with Crippen LogP contribution in [-0.2, 0) is 0 Å². The van der Waals surface area contributed by atoms with Crippen molar-refractivity contribution in [1.29, 1.82) is 0 Å². The van der Waals surface area contributed by atoms with Crippen molar-refractivity contribution in [2.24, 2.45) is 0 Å². The number of ether oxygens (including phenoxy) is 1. The van der Waals surface area contributed by atoms with Gasteiger partial charge in [-0.25, -0.2) is 0 Å². The Hall–Kier alpha value is -1.06. The summed E-state index contributed by atoms with van der Waals surface area (Å²) >= 11 is 0. The molecular formula is C16H25NO2. The monoisotopic (exact) mass is 263 g/mol. The van der Waals surface area contributed by atoms with Gasteiger partial charge in [0, 0.05) is 12.1 Å². The molecule has 106 valence electrons. The van der Waals surface area contributed by atoms with Crippen LogP contribution in [0.3, 0.4) is 0 Å². The Labute approximate surface area is 116 Å². The summed E-state index contributed by atoms with van der Waals surface area (Å²) in [6.45, 7) is 7.89. The number of rotatable bonds is 5. The summed E-state index contributed by atoms with van der Waals surface area (Å²) in [5.74, 6) is 0.826. The lowest BCUT2D eigenvalue weighted by Gasteiger charge is -2.26. The topological polar surface area (TPSA) is 32.7 Å². The van der Waals surface area contributed by atoms with Crippen LogP contribution in [-0.4, -0.2) is 36.2 Å². The summed E-state index contributed by atoms with van der Waals surface area (Å²) in [5.41, 5.74) is 2.04. The SMILES string of the molecule is Cc1ccc(C(C)O)c(OCCN2CCCCC2)c1. The number of likely N-dealkylation sites (tertiary alicyclic amines) is 1. The zero-order valence-electron chi connectivity index (χ0n) is 12.1.